The summed E-state index contributed by atoms with van der Waals surface area (Å²) in [7, 11) is 0. The van der Waals surface area contributed by atoms with Crippen LogP contribution >= 0.6 is 12.4 Å². The first-order valence-corrected chi connectivity index (χ1v) is 7.03. The van der Waals surface area contributed by atoms with Crippen LogP contribution < -0.4 is 10.5 Å². The van der Waals surface area contributed by atoms with Gasteiger partial charge in [-0.15, -0.1) is 12.4 Å². The van der Waals surface area contributed by atoms with Crippen molar-refractivity contribution < 1.29 is 4.74 Å². The Morgan fingerprint density at radius 2 is 1.80 bits per heavy atom. The molecule has 2 aromatic carbocycles. The van der Waals surface area contributed by atoms with Crippen LogP contribution in [-0.4, -0.2) is 6.61 Å². The highest BCUT2D eigenvalue weighted by Gasteiger charge is 2.16. The molecule has 0 saturated carbocycles. The minimum absolute atomic E-state index is 0. The molecule has 0 aliphatic rings. The molecule has 0 amide bonds. The lowest BCUT2D eigenvalue weighted by Crippen LogP contribution is -2.15. The van der Waals surface area contributed by atoms with Gasteiger partial charge in [-0.2, -0.15) is 0 Å². The number of halogens is 1. The minimum Gasteiger partial charge on any atom is -0.494 e. The fourth-order valence-electron chi connectivity index (χ4n) is 2.57. The molecule has 20 heavy (non-hydrogen) atoms. The number of rotatable bonds is 5. The molecule has 0 aliphatic carbocycles. The van der Waals surface area contributed by atoms with Crippen molar-refractivity contribution in [3.05, 3.63) is 42.0 Å². The zero-order valence-electron chi connectivity index (χ0n) is 12.4. The maximum Gasteiger partial charge on any atom is 0.124 e. The highest BCUT2D eigenvalue weighted by atomic mass is 35.5. The van der Waals surface area contributed by atoms with Crippen LogP contribution in [0.1, 0.15) is 38.8 Å². The third-order valence-electron chi connectivity index (χ3n) is 3.33. The van der Waals surface area contributed by atoms with Crippen molar-refractivity contribution >= 4 is 23.2 Å². The third-order valence-corrected chi connectivity index (χ3v) is 3.33. The van der Waals surface area contributed by atoms with E-state index in [9.17, 15) is 0 Å². The Bertz CT molecular complexity index is 554. The van der Waals surface area contributed by atoms with Gasteiger partial charge in [0.15, 0.2) is 0 Å². The quantitative estimate of drug-likeness (QED) is 0.867. The minimum atomic E-state index is 0. The van der Waals surface area contributed by atoms with Gasteiger partial charge in [0.2, 0.25) is 0 Å². The summed E-state index contributed by atoms with van der Waals surface area (Å²) in [5, 5.41) is 2.43. The summed E-state index contributed by atoms with van der Waals surface area (Å²) < 4.78 is 5.77. The van der Waals surface area contributed by atoms with Gasteiger partial charge in [0, 0.05) is 11.6 Å². The summed E-state index contributed by atoms with van der Waals surface area (Å²) in [6.07, 6.45) is 0.966. The van der Waals surface area contributed by atoms with Crippen molar-refractivity contribution in [1.29, 1.82) is 0 Å². The first-order valence-electron chi connectivity index (χ1n) is 7.03. The molecule has 0 heterocycles. The summed E-state index contributed by atoms with van der Waals surface area (Å²) in [5.41, 5.74) is 7.56. The van der Waals surface area contributed by atoms with E-state index in [4.69, 9.17) is 10.5 Å². The van der Waals surface area contributed by atoms with Gasteiger partial charge in [-0.1, -0.05) is 44.2 Å². The van der Waals surface area contributed by atoms with Gasteiger partial charge >= 0.3 is 0 Å². The second-order valence-electron chi connectivity index (χ2n) is 5.37. The maximum atomic E-state index is 6.41. The molecule has 2 nitrogen and oxygen atoms in total. The lowest BCUT2D eigenvalue weighted by molar-refractivity contribution is 0.333. The Morgan fingerprint density at radius 3 is 2.45 bits per heavy atom. The highest BCUT2D eigenvalue weighted by molar-refractivity contribution is 5.88. The smallest absolute Gasteiger partial charge is 0.124 e. The summed E-state index contributed by atoms with van der Waals surface area (Å²) in [6, 6.07) is 12.5. The molecule has 0 bridgehead atoms. The molecule has 1 atom stereocenters. The Labute approximate surface area is 127 Å². The molecule has 110 valence electrons. The monoisotopic (exact) mass is 293 g/mol. The molecule has 0 fully saturated rings. The van der Waals surface area contributed by atoms with Crippen LogP contribution in [0.3, 0.4) is 0 Å². The molecular weight excluding hydrogens is 270 g/mol. The lowest BCUT2D eigenvalue weighted by atomic mass is 9.92. The highest BCUT2D eigenvalue weighted by Crippen LogP contribution is 2.34. The van der Waals surface area contributed by atoms with Crippen LogP contribution in [-0.2, 0) is 0 Å². The van der Waals surface area contributed by atoms with Gasteiger partial charge in [-0.05, 0) is 36.1 Å². The molecule has 2 rings (SSSR count). The zero-order chi connectivity index (χ0) is 13.8. The van der Waals surface area contributed by atoms with Crippen LogP contribution in [0.15, 0.2) is 36.4 Å². The number of hydrogen-bond acceptors (Lipinski definition) is 2. The van der Waals surface area contributed by atoms with Crippen LogP contribution in [0.25, 0.3) is 10.8 Å². The normalized spacial score (nSPS) is 12.2. The summed E-state index contributed by atoms with van der Waals surface area (Å²) in [4.78, 5) is 0. The Morgan fingerprint density at radius 1 is 1.10 bits per heavy atom. The van der Waals surface area contributed by atoms with Crippen molar-refractivity contribution in [2.24, 2.45) is 11.7 Å². The topological polar surface area (TPSA) is 35.2 Å². The number of benzene rings is 2. The molecule has 0 saturated heterocycles. The predicted octanol–water partition coefficient (Wildman–Crippen LogP) is 4.71. The number of ether oxygens (including phenoxy) is 1. The summed E-state index contributed by atoms with van der Waals surface area (Å²) in [6.45, 7) is 7.07. The van der Waals surface area contributed by atoms with Crippen molar-refractivity contribution in [3.8, 4) is 5.75 Å². The van der Waals surface area contributed by atoms with Crippen molar-refractivity contribution in [1.82, 2.24) is 0 Å². The van der Waals surface area contributed by atoms with E-state index in [0.29, 0.717) is 12.5 Å². The molecule has 0 aromatic heterocycles. The van der Waals surface area contributed by atoms with Gasteiger partial charge in [-0.3, -0.25) is 0 Å². The standard InChI is InChI=1S/C17H23NO.ClH/c1-4-19-16-10-9-13-7-5-6-8-14(13)17(16)15(18)11-12(2)3;/h5-10,12,15H,4,11,18H2,1-3H3;1H/t15-;/m0./s1. The van der Waals surface area contributed by atoms with Crippen LogP contribution in [0.2, 0.25) is 0 Å². The van der Waals surface area contributed by atoms with Crippen molar-refractivity contribution in [3.63, 3.8) is 0 Å². The predicted molar refractivity (Wildman–Crippen MR) is 88.7 cm³/mol. The number of nitrogens with two attached hydrogens (primary N) is 1. The van der Waals surface area contributed by atoms with Crippen molar-refractivity contribution in [2.75, 3.05) is 6.61 Å². The van der Waals surface area contributed by atoms with Crippen LogP contribution in [0.4, 0.5) is 0 Å². The van der Waals surface area contributed by atoms with E-state index in [1.165, 1.54) is 10.8 Å². The molecule has 0 unspecified atom stereocenters. The fourth-order valence-corrected chi connectivity index (χ4v) is 2.57. The van der Waals surface area contributed by atoms with Crippen molar-refractivity contribution in [2.45, 2.75) is 33.2 Å². The molecule has 0 spiro atoms. The average molecular weight is 294 g/mol. The summed E-state index contributed by atoms with van der Waals surface area (Å²) in [5.74, 6) is 1.50. The fraction of sp³-hybridized carbons (Fsp3) is 0.412. The van der Waals surface area contributed by atoms with E-state index in [1.54, 1.807) is 0 Å². The molecule has 3 heteroatoms. The molecular formula is C17H24ClNO. The van der Waals surface area contributed by atoms with E-state index >= 15 is 0 Å². The van der Waals surface area contributed by atoms with Crippen LogP contribution in [0.5, 0.6) is 5.75 Å². The SMILES string of the molecule is CCOc1ccc2ccccc2c1[C@@H](N)CC(C)C.Cl. The molecule has 2 N–H and O–H groups in total. The zero-order valence-corrected chi connectivity index (χ0v) is 13.2. The average Bonchev–Trinajstić information content (AvgIpc) is 2.37. The lowest BCUT2D eigenvalue weighted by Gasteiger charge is -2.20. The second-order valence-corrected chi connectivity index (χ2v) is 5.37. The third kappa shape index (κ3) is 3.65. The largest absolute Gasteiger partial charge is 0.494 e. The van der Waals surface area contributed by atoms with E-state index < -0.39 is 0 Å². The Balaban J connectivity index is 0.00000200. The van der Waals surface area contributed by atoms with Gasteiger partial charge in [-0.25, -0.2) is 0 Å². The number of hydrogen-bond donors (Lipinski definition) is 1. The maximum absolute atomic E-state index is 6.41. The van der Waals surface area contributed by atoms with Crippen LogP contribution in [0, 0.1) is 5.92 Å². The van der Waals surface area contributed by atoms with E-state index in [1.807, 2.05) is 13.0 Å². The Hall–Kier alpha value is -1.25. The summed E-state index contributed by atoms with van der Waals surface area (Å²) >= 11 is 0. The van der Waals surface area contributed by atoms with Gasteiger partial charge in [0.1, 0.15) is 5.75 Å². The number of fused-ring (bicyclic) bond motifs is 1. The van der Waals surface area contributed by atoms with Gasteiger partial charge in [0.05, 0.1) is 6.61 Å². The van der Waals surface area contributed by atoms with E-state index in [0.717, 1.165) is 17.7 Å². The Kier molecular flexibility index (Phi) is 6.31. The molecule has 0 aliphatic heterocycles. The molecule has 0 radical (unpaired) electrons. The second kappa shape index (κ2) is 7.51. The van der Waals surface area contributed by atoms with E-state index in [2.05, 4.69) is 44.2 Å². The first kappa shape index (κ1) is 16.8. The first-order chi connectivity index (χ1) is 9.13. The van der Waals surface area contributed by atoms with E-state index in [-0.39, 0.29) is 18.4 Å². The molecule has 2 aromatic rings. The van der Waals surface area contributed by atoms with Gasteiger partial charge < -0.3 is 10.5 Å². The van der Waals surface area contributed by atoms with Gasteiger partial charge in [0.25, 0.3) is 0 Å².